The van der Waals surface area contributed by atoms with Gasteiger partial charge in [0.05, 0.1) is 5.71 Å². The summed E-state index contributed by atoms with van der Waals surface area (Å²) in [7, 11) is 0. The molecule has 0 aliphatic rings. The van der Waals surface area contributed by atoms with Crippen molar-refractivity contribution in [2.24, 2.45) is 5.10 Å². The molecule has 0 aliphatic carbocycles. The minimum absolute atomic E-state index is 0.500. The standard InChI is InChI=1S/C19H23N3S/c1-3-4-13-18(16-10-6-5-7-11-16)21-22-19(23)20-17-12-8-9-15(2)14-17/h5-12,14H,3-4,13H2,1-2H3,(H2,20,22,23)/b21-18-. The molecule has 4 heteroatoms. The van der Waals surface area contributed by atoms with Crippen molar-refractivity contribution in [3.63, 3.8) is 0 Å². The van der Waals surface area contributed by atoms with Crippen LogP contribution >= 0.6 is 12.2 Å². The van der Waals surface area contributed by atoms with Gasteiger partial charge in [0.1, 0.15) is 0 Å². The van der Waals surface area contributed by atoms with Crippen LogP contribution in [0.3, 0.4) is 0 Å². The summed E-state index contributed by atoms with van der Waals surface area (Å²) in [5, 5.41) is 8.17. The lowest BCUT2D eigenvalue weighted by Crippen LogP contribution is -2.25. The molecule has 0 fully saturated rings. The molecule has 120 valence electrons. The summed E-state index contributed by atoms with van der Waals surface area (Å²) < 4.78 is 0. The average molecular weight is 325 g/mol. The molecule has 2 N–H and O–H groups in total. The van der Waals surface area contributed by atoms with Crippen molar-refractivity contribution in [1.82, 2.24) is 5.43 Å². The number of thiocarbonyl (C=S) groups is 1. The fourth-order valence-corrected chi connectivity index (χ4v) is 2.40. The first-order chi connectivity index (χ1) is 11.2. The number of nitrogens with zero attached hydrogens (tertiary/aromatic N) is 1. The van der Waals surface area contributed by atoms with E-state index in [2.05, 4.69) is 47.9 Å². The van der Waals surface area contributed by atoms with Crippen LogP contribution in [0, 0.1) is 6.92 Å². The first kappa shape index (κ1) is 17.2. The number of rotatable bonds is 6. The van der Waals surface area contributed by atoms with Crippen LogP contribution in [0.2, 0.25) is 0 Å². The van der Waals surface area contributed by atoms with E-state index < -0.39 is 0 Å². The predicted octanol–water partition coefficient (Wildman–Crippen LogP) is 4.88. The third-order valence-electron chi connectivity index (χ3n) is 3.44. The van der Waals surface area contributed by atoms with Crippen LogP contribution in [-0.4, -0.2) is 10.8 Å². The second-order valence-corrected chi connectivity index (χ2v) is 5.87. The lowest BCUT2D eigenvalue weighted by Gasteiger charge is -2.10. The summed E-state index contributed by atoms with van der Waals surface area (Å²) in [6, 6.07) is 18.3. The van der Waals surface area contributed by atoms with E-state index in [1.165, 1.54) is 5.56 Å². The van der Waals surface area contributed by atoms with E-state index in [0.29, 0.717) is 5.11 Å². The topological polar surface area (TPSA) is 36.4 Å². The Balaban J connectivity index is 2.03. The molecule has 3 nitrogen and oxygen atoms in total. The molecule has 0 aliphatic heterocycles. The largest absolute Gasteiger partial charge is 0.331 e. The van der Waals surface area contributed by atoms with Gasteiger partial charge in [-0.15, -0.1) is 0 Å². The van der Waals surface area contributed by atoms with E-state index in [-0.39, 0.29) is 0 Å². The molecule has 0 aromatic heterocycles. The summed E-state index contributed by atoms with van der Waals surface area (Å²) in [6.45, 7) is 4.23. The summed E-state index contributed by atoms with van der Waals surface area (Å²) in [4.78, 5) is 0. The molecule has 0 saturated carbocycles. The summed E-state index contributed by atoms with van der Waals surface area (Å²) in [5.41, 5.74) is 7.28. The molecule has 2 aromatic rings. The number of hydrazone groups is 1. The van der Waals surface area contributed by atoms with Gasteiger partial charge in [-0.2, -0.15) is 5.10 Å². The zero-order valence-electron chi connectivity index (χ0n) is 13.7. The van der Waals surface area contributed by atoms with E-state index in [4.69, 9.17) is 12.2 Å². The lowest BCUT2D eigenvalue weighted by atomic mass is 10.1. The van der Waals surface area contributed by atoms with Gasteiger partial charge in [0.2, 0.25) is 0 Å². The van der Waals surface area contributed by atoms with E-state index in [9.17, 15) is 0 Å². The Labute approximate surface area is 143 Å². The maximum atomic E-state index is 5.33. The Hall–Kier alpha value is -2.20. The second-order valence-electron chi connectivity index (χ2n) is 5.46. The highest BCUT2D eigenvalue weighted by Crippen LogP contribution is 2.10. The first-order valence-electron chi connectivity index (χ1n) is 7.94. The highest BCUT2D eigenvalue weighted by molar-refractivity contribution is 7.80. The smallest absolute Gasteiger partial charge is 0.191 e. The number of nitrogens with one attached hydrogen (secondary N) is 2. The van der Waals surface area contributed by atoms with Gasteiger partial charge >= 0.3 is 0 Å². The second kappa shape index (κ2) is 9.06. The Morgan fingerprint density at radius 1 is 1.09 bits per heavy atom. The quantitative estimate of drug-likeness (QED) is 0.452. The molecule has 2 rings (SSSR count). The molecule has 0 saturated heterocycles. The van der Waals surface area contributed by atoms with E-state index in [0.717, 1.165) is 36.2 Å². The van der Waals surface area contributed by atoms with Crippen molar-refractivity contribution in [3.8, 4) is 0 Å². The molecular formula is C19H23N3S. The van der Waals surface area contributed by atoms with E-state index in [1.54, 1.807) is 0 Å². The highest BCUT2D eigenvalue weighted by atomic mass is 32.1. The number of anilines is 1. The van der Waals surface area contributed by atoms with Gasteiger partial charge in [0, 0.05) is 5.69 Å². The van der Waals surface area contributed by atoms with Gasteiger partial charge in [0.25, 0.3) is 0 Å². The Morgan fingerprint density at radius 3 is 2.57 bits per heavy atom. The van der Waals surface area contributed by atoms with Gasteiger partial charge in [-0.1, -0.05) is 55.8 Å². The first-order valence-corrected chi connectivity index (χ1v) is 8.35. The number of benzene rings is 2. The minimum Gasteiger partial charge on any atom is -0.331 e. The van der Waals surface area contributed by atoms with Crippen molar-refractivity contribution in [2.45, 2.75) is 33.1 Å². The normalized spacial score (nSPS) is 11.1. The number of hydrogen-bond acceptors (Lipinski definition) is 2. The van der Waals surface area contributed by atoms with Gasteiger partial charge in [-0.3, -0.25) is 5.43 Å². The molecule has 2 aromatic carbocycles. The van der Waals surface area contributed by atoms with Crippen molar-refractivity contribution >= 4 is 28.7 Å². The molecular weight excluding hydrogens is 302 g/mol. The van der Waals surface area contributed by atoms with Gasteiger partial charge < -0.3 is 5.32 Å². The fourth-order valence-electron chi connectivity index (χ4n) is 2.24. The third kappa shape index (κ3) is 5.83. The van der Waals surface area contributed by atoms with Gasteiger partial charge in [-0.05, 0) is 55.2 Å². The Morgan fingerprint density at radius 2 is 1.87 bits per heavy atom. The maximum absolute atomic E-state index is 5.33. The number of hydrogen-bond donors (Lipinski definition) is 2. The van der Waals surface area contributed by atoms with Crippen LogP contribution in [0.15, 0.2) is 59.7 Å². The highest BCUT2D eigenvalue weighted by Gasteiger charge is 2.04. The third-order valence-corrected chi connectivity index (χ3v) is 3.64. The molecule has 0 heterocycles. The Kier molecular flexibility index (Phi) is 6.76. The molecule has 0 bridgehead atoms. The molecule has 0 atom stereocenters. The molecule has 23 heavy (non-hydrogen) atoms. The van der Waals surface area contributed by atoms with Crippen molar-refractivity contribution in [2.75, 3.05) is 5.32 Å². The monoisotopic (exact) mass is 325 g/mol. The van der Waals surface area contributed by atoms with Crippen molar-refractivity contribution < 1.29 is 0 Å². The maximum Gasteiger partial charge on any atom is 0.191 e. The molecule has 0 spiro atoms. The summed E-state index contributed by atoms with van der Waals surface area (Å²) in [5.74, 6) is 0. The number of aryl methyl sites for hydroxylation is 1. The van der Waals surface area contributed by atoms with Crippen LogP contribution < -0.4 is 10.7 Å². The summed E-state index contributed by atoms with van der Waals surface area (Å²) in [6.07, 6.45) is 3.17. The van der Waals surface area contributed by atoms with E-state index in [1.807, 2.05) is 36.4 Å². The van der Waals surface area contributed by atoms with Crippen LogP contribution in [-0.2, 0) is 0 Å². The molecule has 0 amide bonds. The molecule has 0 radical (unpaired) electrons. The minimum atomic E-state index is 0.500. The zero-order valence-corrected chi connectivity index (χ0v) is 14.5. The van der Waals surface area contributed by atoms with Crippen LogP contribution in [0.5, 0.6) is 0 Å². The van der Waals surface area contributed by atoms with Crippen LogP contribution in [0.1, 0.15) is 37.3 Å². The Bertz CT molecular complexity index is 665. The van der Waals surface area contributed by atoms with Crippen molar-refractivity contribution in [1.29, 1.82) is 0 Å². The van der Waals surface area contributed by atoms with Crippen LogP contribution in [0.4, 0.5) is 5.69 Å². The van der Waals surface area contributed by atoms with Crippen LogP contribution in [0.25, 0.3) is 0 Å². The predicted molar refractivity (Wildman–Crippen MR) is 103 cm³/mol. The van der Waals surface area contributed by atoms with E-state index >= 15 is 0 Å². The average Bonchev–Trinajstić information content (AvgIpc) is 2.56. The molecule has 0 unspecified atom stereocenters. The zero-order chi connectivity index (χ0) is 16.5. The SMILES string of the molecule is CCCC/C(=N/NC(=S)Nc1cccc(C)c1)c1ccccc1. The summed E-state index contributed by atoms with van der Waals surface area (Å²) >= 11 is 5.33. The van der Waals surface area contributed by atoms with Gasteiger partial charge in [0.15, 0.2) is 5.11 Å². The lowest BCUT2D eigenvalue weighted by molar-refractivity contribution is 0.828. The van der Waals surface area contributed by atoms with Gasteiger partial charge in [-0.25, -0.2) is 0 Å². The number of unbranched alkanes of at least 4 members (excludes halogenated alkanes) is 1. The van der Waals surface area contributed by atoms with Crippen molar-refractivity contribution in [3.05, 3.63) is 65.7 Å². The fraction of sp³-hybridized carbons (Fsp3) is 0.263.